The molecule has 0 aromatic heterocycles. The van der Waals surface area contributed by atoms with Crippen LogP contribution in [0.3, 0.4) is 0 Å². The number of benzene rings is 2. The summed E-state index contributed by atoms with van der Waals surface area (Å²) in [6, 6.07) is 14.8. The second-order valence-corrected chi connectivity index (χ2v) is 8.88. The first kappa shape index (κ1) is 21.5. The lowest BCUT2D eigenvalue weighted by Gasteiger charge is -2.22. The Morgan fingerprint density at radius 1 is 1.00 bits per heavy atom. The number of fused-ring (bicyclic) bond motifs is 3. The Morgan fingerprint density at radius 2 is 1.64 bits per heavy atom. The highest BCUT2D eigenvalue weighted by Gasteiger charge is 2.41. The van der Waals surface area contributed by atoms with Gasteiger partial charge in [-0.1, -0.05) is 48.5 Å². The van der Waals surface area contributed by atoms with Gasteiger partial charge in [0.25, 0.3) is 0 Å². The Balaban J connectivity index is 1.22. The van der Waals surface area contributed by atoms with Gasteiger partial charge in [-0.15, -0.1) is 0 Å². The second kappa shape index (κ2) is 8.86. The van der Waals surface area contributed by atoms with E-state index in [-0.39, 0.29) is 31.7 Å². The maximum absolute atomic E-state index is 12.8. The fourth-order valence-corrected chi connectivity index (χ4v) is 4.81. The van der Waals surface area contributed by atoms with Gasteiger partial charge in [0.2, 0.25) is 5.91 Å². The monoisotopic (exact) mass is 450 g/mol. The lowest BCUT2D eigenvalue weighted by Crippen LogP contribution is -2.53. The Morgan fingerprint density at radius 3 is 2.24 bits per heavy atom. The van der Waals surface area contributed by atoms with Crippen molar-refractivity contribution in [2.24, 2.45) is 11.8 Å². The highest BCUT2D eigenvalue weighted by Crippen LogP contribution is 2.44. The molecule has 1 saturated heterocycles. The van der Waals surface area contributed by atoms with Crippen LogP contribution in [-0.2, 0) is 19.1 Å². The number of carbonyl (C=O) groups is 3. The zero-order valence-electron chi connectivity index (χ0n) is 18.0. The lowest BCUT2D eigenvalue weighted by atomic mass is 9.98. The van der Waals surface area contributed by atoms with Crippen molar-refractivity contribution < 1.29 is 29.0 Å². The maximum Gasteiger partial charge on any atom is 0.407 e. The molecule has 172 valence electrons. The predicted octanol–water partition coefficient (Wildman–Crippen LogP) is 2.52. The molecule has 8 heteroatoms. The summed E-state index contributed by atoms with van der Waals surface area (Å²) in [7, 11) is 0. The van der Waals surface area contributed by atoms with Gasteiger partial charge >= 0.3 is 12.1 Å². The number of amides is 2. The van der Waals surface area contributed by atoms with Crippen molar-refractivity contribution in [1.82, 2.24) is 10.6 Å². The number of rotatable bonds is 7. The van der Waals surface area contributed by atoms with Gasteiger partial charge in [0.15, 0.2) is 0 Å². The lowest BCUT2D eigenvalue weighted by molar-refractivity contribution is -0.142. The largest absolute Gasteiger partial charge is 0.481 e. The fourth-order valence-electron chi connectivity index (χ4n) is 4.81. The number of carboxylic acids is 1. The molecule has 1 aliphatic heterocycles. The highest BCUT2D eigenvalue weighted by atomic mass is 16.5. The van der Waals surface area contributed by atoms with Crippen molar-refractivity contribution in [3.8, 4) is 11.1 Å². The first-order valence-corrected chi connectivity index (χ1v) is 11.3. The number of aliphatic carboxylic acids is 1. The molecule has 3 atom stereocenters. The zero-order valence-corrected chi connectivity index (χ0v) is 18.0. The molecule has 0 radical (unpaired) electrons. The third kappa shape index (κ3) is 4.30. The van der Waals surface area contributed by atoms with Crippen LogP contribution in [0.25, 0.3) is 11.1 Å². The molecule has 3 N–H and O–H groups in total. The molecule has 1 saturated carbocycles. The Bertz CT molecular complexity index is 1040. The average Bonchev–Trinajstić information content (AvgIpc) is 3.46. The topological polar surface area (TPSA) is 114 Å². The van der Waals surface area contributed by atoms with E-state index >= 15 is 0 Å². The van der Waals surface area contributed by atoms with E-state index in [1.807, 2.05) is 36.4 Å². The highest BCUT2D eigenvalue weighted by molar-refractivity contribution is 5.87. The minimum Gasteiger partial charge on any atom is -0.481 e. The summed E-state index contributed by atoms with van der Waals surface area (Å²) in [5.41, 5.74) is 4.51. The van der Waals surface area contributed by atoms with Crippen molar-refractivity contribution in [3.05, 3.63) is 59.7 Å². The maximum atomic E-state index is 12.8. The van der Waals surface area contributed by atoms with Crippen LogP contribution in [0.2, 0.25) is 0 Å². The third-order valence-corrected chi connectivity index (χ3v) is 6.72. The minimum absolute atomic E-state index is 0.0241. The molecule has 0 spiro atoms. The van der Waals surface area contributed by atoms with Gasteiger partial charge in [0.05, 0.1) is 19.3 Å². The van der Waals surface area contributed by atoms with Crippen LogP contribution < -0.4 is 10.6 Å². The molecular weight excluding hydrogens is 424 g/mol. The molecule has 3 aliphatic rings. The van der Waals surface area contributed by atoms with E-state index in [2.05, 4.69) is 22.8 Å². The van der Waals surface area contributed by atoms with Gasteiger partial charge < -0.3 is 25.2 Å². The summed E-state index contributed by atoms with van der Waals surface area (Å²) < 4.78 is 10.8. The molecule has 0 bridgehead atoms. The van der Waals surface area contributed by atoms with E-state index in [0.717, 1.165) is 35.1 Å². The van der Waals surface area contributed by atoms with Gasteiger partial charge in [-0.3, -0.25) is 9.59 Å². The average molecular weight is 450 g/mol. The van der Waals surface area contributed by atoms with E-state index < -0.39 is 36.0 Å². The van der Waals surface area contributed by atoms with Crippen molar-refractivity contribution in [2.45, 2.75) is 30.8 Å². The van der Waals surface area contributed by atoms with Crippen molar-refractivity contribution in [2.75, 3.05) is 19.8 Å². The Hall–Kier alpha value is -3.39. The molecule has 5 rings (SSSR count). The normalized spacial score (nSPS) is 22.2. The SMILES string of the molecule is O=C(NC(C(=O)NC1COCC1C(=O)O)C1CC1)OCC1c2ccccc2-c2ccccc21. The van der Waals surface area contributed by atoms with E-state index in [1.165, 1.54) is 0 Å². The first-order valence-electron chi connectivity index (χ1n) is 11.3. The molecule has 3 unspecified atom stereocenters. The van der Waals surface area contributed by atoms with Crippen LogP contribution in [0.1, 0.15) is 29.9 Å². The van der Waals surface area contributed by atoms with Gasteiger partial charge in [0.1, 0.15) is 18.6 Å². The Kier molecular flexibility index (Phi) is 5.76. The standard InChI is InChI=1S/C25H26N2O6/c28-23(26-21-13-32-11-20(21)24(29)30)22(14-9-10-14)27-25(31)33-12-19-17-7-3-1-5-15(17)16-6-2-4-8-18(16)19/h1-8,14,19-22H,9-13H2,(H,26,28)(H,27,31)(H,29,30). The molecule has 2 aromatic carbocycles. The van der Waals surface area contributed by atoms with Crippen LogP contribution >= 0.6 is 0 Å². The second-order valence-electron chi connectivity index (χ2n) is 8.88. The predicted molar refractivity (Wildman–Crippen MR) is 119 cm³/mol. The molecule has 2 aliphatic carbocycles. The van der Waals surface area contributed by atoms with E-state index in [9.17, 15) is 19.5 Å². The smallest absolute Gasteiger partial charge is 0.407 e. The van der Waals surface area contributed by atoms with Crippen molar-refractivity contribution in [3.63, 3.8) is 0 Å². The number of nitrogens with one attached hydrogen (secondary N) is 2. The third-order valence-electron chi connectivity index (χ3n) is 6.72. The number of hydrogen-bond acceptors (Lipinski definition) is 5. The summed E-state index contributed by atoms with van der Waals surface area (Å²) in [4.78, 5) is 36.8. The van der Waals surface area contributed by atoms with E-state index in [0.29, 0.717) is 0 Å². The van der Waals surface area contributed by atoms with Crippen LogP contribution in [0, 0.1) is 11.8 Å². The quantitative estimate of drug-likeness (QED) is 0.597. The summed E-state index contributed by atoms with van der Waals surface area (Å²) in [5.74, 6) is -2.24. The van der Waals surface area contributed by atoms with Crippen LogP contribution in [0.4, 0.5) is 4.79 Å². The van der Waals surface area contributed by atoms with Crippen LogP contribution in [0.15, 0.2) is 48.5 Å². The number of ether oxygens (including phenoxy) is 2. The molecular formula is C25H26N2O6. The molecule has 33 heavy (non-hydrogen) atoms. The molecule has 1 heterocycles. The van der Waals surface area contributed by atoms with Gasteiger partial charge in [-0.2, -0.15) is 0 Å². The molecule has 2 fully saturated rings. The number of carbonyl (C=O) groups excluding carboxylic acids is 2. The molecule has 2 amide bonds. The number of hydrogen-bond donors (Lipinski definition) is 3. The summed E-state index contributed by atoms with van der Waals surface area (Å²) in [5, 5.41) is 14.7. The van der Waals surface area contributed by atoms with Crippen LogP contribution in [0.5, 0.6) is 0 Å². The van der Waals surface area contributed by atoms with Crippen LogP contribution in [-0.4, -0.2) is 55.0 Å². The summed E-state index contributed by atoms with van der Waals surface area (Å²) in [6.07, 6.45) is 0.998. The number of alkyl carbamates (subject to hydrolysis) is 1. The van der Waals surface area contributed by atoms with Crippen molar-refractivity contribution >= 4 is 18.0 Å². The minimum atomic E-state index is -1.01. The number of carboxylic acid groups (broad SMARTS) is 1. The van der Waals surface area contributed by atoms with Gasteiger partial charge in [-0.25, -0.2) is 4.79 Å². The van der Waals surface area contributed by atoms with E-state index in [4.69, 9.17) is 9.47 Å². The molecule has 8 nitrogen and oxygen atoms in total. The fraction of sp³-hybridized carbons (Fsp3) is 0.400. The summed E-state index contributed by atoms with van der Waals surface area (Å²) >= 11 is 0. The van der Waals surface area contributed by atoms with Gasteiger partial charge in [-0.05, 0) is 41.0 Å². The first-order chi connectivity index (χ1) is 16.0. The zero-order chi connectivity index (χ0) is 22.9. The Labute approximate surface area is 191 Å². The molecule has 2 aromatic rings. The summed E-state index contributed by atoms with van der Waals surface area (Å²) in [6.45, 7) is 0.371. The van der Waals surface area contributed by atoms with Crippen molar-refractivity contribution in [1.29, 1.82) is 0 Å². The van der Waals surface area contributed by atoms with Gasteiger partial charge in [0, 0.05) is 5.92 Å². The van der Waals surface area contributed by atoms with E-state index in [1.54, 1.807) is 0 Å².